The van der Waals surface area contributed by atoms with Crippen LogP contribution in [0.2, 0.25) is 0 Å². The molecule has 0 aliphatic carbocycles. The number of halogens is 2. The van der Waals surface area contributed by atoms with Crippen molar-refractivity contribution in [3.05, 3.63) is 80.9 Å². The third-order valence-electron chi connectivity index (χ3n) is 8.29. The molecule has 18 nitrogen and oxygen atoms in total. The van der Waals surface area contributed by atoms with Gasteiger partial charge >= 0.3 is 5.69 Å². The number of aromatic amines is 1. The molecule has 0 spiro atoms. The van der Waals surface area contributed by atoms with Crippen molar-refractivity contribution in [1.82, 2.24) is 28.6 Å². The number of hydrogen-bond donors (Lipinski definition) is 7. The fraction of sp³-hybridized carbons (Fsp3) is 0.382. The SMILES string of the molecule is Cn1cc(NC(=O)c2cc(NC(=O)c3cc(NC(=O)CCCCn4cc(N(CCCl)CCCl)c(=O)[nH]c4=O)cn3C)cn2C)cc1C(=O)NCCC(=N)N. The number of nitrogens with one attached hydrogen (secondary N) is 6. The van der Waals surface area contributed by atoms with Gasteiger partial charge in [0.25, 0.3) is 23.3 Å². The zero-order valence-corrected chi connectivity index (χ0v) is 31.6. The smallest absolute Gasteiger partial charge is 0.328 e. The van der Waals surface area contributed by atoms with Crippen LogP contribution in [0.15, 0.2) is 52.6 Å². The van der Waals surface area contributed by atoms with Gasteiger partial charge in [-0.25, -0.2) is 4.79 Å². The molecule has 0 saturated carbocycles. The van der Waals surface area contributed by atoms with Gasteiger partial charge in [0.1, 0.15) is 22.8 Å². The van der Waals surface area contributed by atoms with Crippen LogP contribution in [0, 0.1) is 5.41 Å². The third kappa shape index (κ3) is 10.9. The maximum Gasteiger partial charge on any atom is 0.328 e. The van der Waals surface area contributed by atoms with Crippen LogP contribution in [0.25, 0.3) is 0 Å². The van der Waals surface area contributed by atoms with E-state index >= 15 is 0 Å². The van der Waals surface area contributed by atoms with Gasteiger partial charge in [0.05, 0.1) is 22.9 Å². The molecule has 0 aliphatic rings. The molecule has 0 bridgehead atoms. The van der Waals surface area contributed by atoms with Gasteiger partial charge in [0.15, 0.2) is 0 Å². The largest absolute Gasteiger partial charge is 0.388 e. The summed E-state index contributed by atoms with van der Waals surface area (Å²) < 4.78 is 6.05. The summed E-state index contributed by atoms with van der Waals surface area (Å²) >= 11 is 11.7. The second-order valence-electron chi connectivity index (χ2n) is 12.5. The second-order valence-corrected chi connectivity index (χ2v) is 13.2. The van der Waals surface area contributed by atoms with Gasteiger partial charge in [-0.1, -0.05) is 0 Å². The molecule has 0 aliphatic heterocycles. The lowest BCUT2D eigenvalue weighted by atomic mass is 10.2. The molecule has 0 aromatic carbocycles. The highest BCUT2D eigenvalue weighted by Crippen LogP contribution is 2.20. The minimum atomic E-state index is -0.553. The molecule has 290 valence electrons. The monoisotopic (exact) mass is 786 g/mol. The number of aromatic nitrogens is 5. The van der Waals surface area contributed by atoms with E-state index < -0.39 is 23.1 Å². The summed E-state index contributed by atoms with van der Waals surface area (Å²) in [6.45, 7) is 1.26. The Labute approximate surface area is 320 Å². The molecule has 4 aromatic heterocycles. The Hall–Kier alpha value is -5.75. The number of amidine groups is 1. The van der Waals surface area contributed by atoms with E-state index in [9.17, 15) is 28.8 Å². The molecule has 4 heterocycles. The Balaban J connectivity index is 1.29. The van der Waals surface area contributed by atoms with Crippen LogP contribution in [-0.2, 0) is 32.5 Å². The number of rotatable bonds is 19. The van der Waals surface area contributed by atoms with E-state index in [1.807, 2.05) is 0 Å². The number of aryl methyl sites for hydroxylation is 4. The Morgan fingerprint density at radius 3 is 1.76 bits per heavy atom. The first kappa shape index (κ1) is 41.0. The molecule has 4 rings (SSSR count). The number of H-pyrrole nitrogens is 1. The second kappa shape index (κ2) is 18.8. The fourth-order valence-electron chi connectivity index (χ4n) is 5.60. The van der Waals surface area contributed by atoms with Crippen molar-refractivity contribution < 1.29 is 19.2 Å². The lowest BCUT2D eigenvalue weighted by Crippen LogP contribution is -2.38. The first-order valence-corrected chi connectivity index (χ1v) is 18.0. The molecule has 8 N–H and O–H groups in total. The van der Waals surface area contributed by atoms with Gasteiger partial charge < -0.3 is 45.6 Å². The van der Waals surface area contributed by atoms with Gasteiger partial charge in [-0.15, -0.1) is 23.2 Å². The lowest BCUT2D eigenvalue weighted by Gasteiger charge is -2.22. The van der Waals surface area contributed by atoms with E-state index in [2.05, 4.69) is 26.3 Å². The maximum absolute atomic E-state index is 13.2. The number of amides is 4. The van der Waals surface area contributed by atoms with Gasteiger partial charge in [0.2, 0.25) is 5.91 Å². The molecule has 20 heteroatoms. The van der Waals surface area contributed by atoms with E-state index in [1.165, 1.54) is 29.0 Å². The number of anilines is 4. The summed E-state index contributed by atoms with van der Waals surface area (Å²) in [5, 5.41) is 18.3. The number of carbonyl (C=O) groups excluding carboxylic acids is 4. The average molecular weight is 788 g/mol. The zero-order valence-electron chi connectivity index (χ0n) is 30.1. The van der Waals surface area contributed by atoms with E-state index in [0.717, 1.165) is 0 Å². The lowest BCUT2D eigenvalue weighted by molar-refractivity contribution is -0.116. The standard InChI is InChI=1S/C34H44Cl2N12O6/c1-44-18-22(15-24(44)30(50)39-10-7-28(37)38)41-32(52)26-16-23(19-46(26)3)42-31(51)25-14-21(17-45(25)2)40-29(49)6-4-5-11-48-20-27(33(53)43-34(48)54)47(12-8-35)13-9-36/h14-20H,4-13H2,1-3H3,(H3,37,38)(H,39,50)(H,40,49)(H,41,52)(H,42,51)(H,43,53,54). The number of nitrogens with two attached hydrogens (primary N) is 1. The Kier molecular flexibility index (Phi) is 14.3. The van der Waals surface area contributed by atoms with Crippen molar-refractivity contribution in [3.8, 4) is 0 Å². The van der Waals surface area contributed by atoms with Crippen molar-refractivity contribution in [2.24, 2.45) is 26.9 Å². The van der Waals surface area contributed by atoms with Crippen LogP contribution in [0.5, 0.6) is 0 Å². The number of alkyl halides is 2. The van der Waals surface area contributed by atoms with Crippen LogP contribution in [0.4, 0.5) is 22.7 Å². The highest BCUT2D eigenvalue weighted by molar-refractivity contribution is 6.18. The summed E-state index contributed by atoms with van der Waals surface area (Å²) in [7, 11) is 4.96. The van der Waals surface area contributed by atoms with Crippen molar-refractivity contribution >= 4 is 75.4 Å². The predicted octanol–water partition coefficient (Wildman–Crippen LogP) is 2.21. The van der Waals surface area contributed by atoms with Crippen LogP contribution in [0.1, 0.15) is 57.1 Å². The third-order valence-corrected chi connectivity index (χ3v) is 8.62. The minimum absolute atomic E-state index is 0.0401. The summed E-state index contributed by atoms with van der Waals surface area (Å²) in [5.41, 5.74) is 6.50. The zero-order chi connectivity index (χ0) is 39.5. The number of carbonyl (C=O) groups is 4. The van der Waals surface area contributed by atoms with Crippen LogP contribution in [0.3, 0.4) is 0 Å². The fourth-order valence-corrected chi connectivity index (χ4v) is 6.01. The molecule has 0 radical (unpaired) electrons. The summed E-state index contributed by atoms with van der Waals surface area (Å²) in [6.07, 6.45) is 7.55. The number of nitrogens with zero attached hydrogens (tertiary/aromatic N) is 5. The Bertz CT molecular complexity index is 2120. The highest BCUT2D eigenvalue weighted by Gasteiger charge is 2.19. The summed E-state index contributed by atoms with van der Waals surface area (Å²) in [6, 6.07) is 4.56. The van der Waals surface area contributed by atoms with Crippen LogP contribution < -0.4 is 43.1 Å². The average Bonchev–Trinajstić information content (AvgIpc) is 3.78. The maximum atomic E-state index is 13.2. The highest BCUT2D eigenvalue weighted by atomic mass is 35.5. The first-order chi connectivity index (χ1) is 25.7. The molecule has 4 aromatic rings. The van der Waals surface area contributed by atoms with Crippen molar-refractivity contribution in [2.45, 2.75) is 32.2 Å². The van der Waals surface area contributed by atoms with Crippen LogP contribution >= 0.6 is 23.2 Å². The van der Waals surface area contributed by atoms with Crippen LogP contribution in [-0.4, -0.2) is 84.1 Å². The van der Waals surface area contributed by atoms with Crippen molar-refractivity contribution in [3.63, 3.8) is 0 Å². The quantitative estimate of drug-likeness (QED) is 0.0321. The van der Waals surface area contributed by atoms with E-state index in [4.69, 9.17) is 34.3 Å². The minimum Gasteiger partial charge on any atom is -0.388 e. The Morgan fingerprint density at radius 1 is 0.759 bits per heavy atom. The van der Waals surface area contributed by atoms with E-state index in [-0.39, 0.29) is 66.7 Å². The molecule has 54 heavy (non-hydrogen) atoms. The van der Waals surface area contributed by atoms with Gasteiger partial charge in [-0.05, 0) is 31.0 Å². The van der Waals surface area contributed by atoms with E-state index in [1.54, 1.807) is 58.3 Å². The predicted molar refractivity (Wildman–Crippen MR) is 208 cm³/mol. The molecule has 0 atom stereocenters. The van der Waals surface area contributed by atoms with Gasteiger partial charge in [0, 0.05) is 96.7 Å². The van der Waals surface area contributed by atoms with Gasteiger partial charge in [-0.3, -0.25) is 38.9 Å². The molecule has 0 unspecified atom stereocenters. The first-order valence-electron chi connectivity index (χ1n) is 16.9. The molecule has 0 fully saturated rings. The molecule has 4 amide bonds. The number of hydrogen-bond acceptors (Lipinski definition) is 8. The topological polar surface area (TPSA) is 239 Å². The van der Waals surface area contributed by atoms with Crippen molar-refractivity contribution in [2.75, 3.05) is 52.2 Å². The van der Waals surface area contributed by atoms with Gasteiger partial charge in [-0.2, -0.15) is 0 Å². The molecule has 0 saturated heterocycles. The summed E-state index contributed by atoms with van der Waals surface area (Å²) in [5.74, 6) is -1.09. The molecular formula is C34H44Cl2N12O6. The van der Waals surface area contributed by atoms with E-state index in [0.29, 0.717) is 54.4 Å². The summed E-state index contributed by atoms with van der Waals surface area (Å²) in [4.78, 5) is 80.3. The van der Waals surface area contributed by atoms with Crippen molar-refractivity contribution in [1.29, 1.82) is 5.41 Å². The Morgan fingerprint density at radius 2 is 1.26 bits per heavy atom. The number of unbranched alkanes of at least 4 members (excludes halogenated alkanes) is 1. The molecular weight excluding hydrogens is 743 g/mol. The normalized spacial score (nSPS) is 10.9.